The molecule has 31 heavy (non-hydrogen) atoms. The Morgan fingerprint density at radius 1 is 1.13 bits per heavy atom. The first-order valence-electron chi connectivity index (χ1n) is 11.0. The molecule has 1 unspecified atom stereocenters. The van der Waals surface area contributed by atoms with E-state index >= 15 is 0 Å². The molecule has 1 saturated carbocycles. The van der Waals surface area contributed by atoms with Gasteiger partial charge in [0, 0.05) is 11.3 Å². The molecule has 1 fully saturated rings. The number of nitrogens with zero attached hydrogens (tertiary/aromatic N) is 1. The van der Waals surface area contributed by atoms with E-state index in [4.69, 9.17) is 9.72 Å². The number of nitrogens with one attached hydrogen (secondary N) is 1. The molecule has 1 heterocycles. The van der Waals surface area contributed by atoms with Crippen molar-refractivity contribution in [1.82, 2.24) is 4.98 Å². The normalized spacial score (nSPS) is 15.5. The van der Waals surface area contributed by atoms with Gasteiger partial charge in [-0.05, 0) is 74.6 Å². The summed E-state index contributed by atoms with van der Waals surface area (Å²) in [6, 6.07) is 13.9. The molecule has 1 amide bonds. The van der Waals surface area contributed by atoms with Crippen molar-refractivity contribution in [3.63, 3.8) is 0 Å². The lowest BCUT2D eigenvalue weighted by molar-refractivity contribution is -0.153. The van der Waals surface area contributed by atoms with Crippen LogP contribution in [0.5, 0.6) is 0 Å². The summed E-state index contributed by atoms with van der Waals surface area (Å²) >= 11 is 1.66. The number of carbonyl (C=O) groups excluding carboxylic acids is 2. The third kappa shape index (κ3) is 4.96. The van der Waals surface area contributed by atoms with Crippen molar-refractivity contribution in [1.29, 1.82) is 0 Å². The maximum atomic E-state index is 13.0. The van der Waals surface area contributed by atoms with E-state index in [9.17, 15) is 9.59 Å². The first-order valence-corrected chi connectivity index (χ1v) is 11.8. The second kappa shape index (κ2) is 9.60. The smallest absolute Gasteiger partial charge is 0.318 e. The van der Waals surface area contributed by atoms with E-state index in [-0.39, 0.29) is 18.4 Å². The van der Waals surface area contributed by atoms with Crippen LogP contribution in [-0.2, 0) is 14.3 Å². The van der Waals surface area contributed by atoms with Gasteiger partial charge in [0.25, 0.3) is 0 Å². The second-order valence-electron chi connectivity index (χ2n) is 8.18. The lowest BCUT2D eigenvalue weighted by Crippen LogP contribution is -2.37. The number of amides is 1. The Labute approximate surface area is 186 Å². The fourth-order valence-corrected chi connectivity index (χ4v) is 5.35. The molecule has 0 aliphatic heterocycles. The summed E-state index contributed by atoms with van der Waals surface area (Å²) in [5.74, 6) is -1.37. The van der Waals surface area contributed by atoms with Crippen LogP contribution in [-0.4, -0.2) is 23.5 Å². The number of benzene rings is 2. The monoisotopic (exact) mass is 436 g/mol. The summed E-state index contributed by atoms with van der Waals surface area (Å²) in [7, 11) is 0. The Morgan fingerprint density at radius 2 is 1.87 bits per heavy atom. The van der Waals surface area contributed by atoms with Crippen molar-refractivity contribution in [2.75, 3.05) is 11.9 Å². The number of rotatable bonds is 6. The molecular formula is C25H28N2O3S. The zero-order valence-corrected chi connectivity index (χ0v) is 18.8. The molecule has 2 aromatic carbocycles. The molecule has 6 heteroatoms. The summed E-state index contributed by atoms with van der Waals surface area (Å²) in [6.45, 7) is 4.13. The molecule has 3 aromatic rings. The quantitative estimate of drug-likeness (QED) is 0.382. The first-order chi connectivity index (χ1) is 15.0. The molecule has 1 aliphatic rings. The number of hydrogen-bond acceptors (Lipinski definition) is 5. The molecule has 0 spiro atoms. The Morgan fingerprint density at radius 3 is 2.58 bits per heavy atom. The van der Waals surface area contributed by atoms with Gasteiger partial charge in [0.1, 0.15) is 10.9 Å². The molecule has 1 aliphatic carbocycles. The summed E-state index contributed by atoms with van der Waals surface area (Å²) in [4.78, 5) is 30.3. The van der Waals surface area contributed by atoms with Gasteiger partial charge < -0.3 is 10.1 Å². The molecular weight excluding hydrogens is 408 g/mol. The van der Waals surface area contributed by atoms with Gasteiger partial charge in [-0.1, -0.05) is 25.3 Å². The van der Waals surface area contributed by atoms with Crippen LogP contribution >= 0.6 is 11.3 Å². The van der Waals surface area contributed by atoms with Gasteiger partial charge in [0.05, 0.1) is 16.8 Å². The topological polar surface area (TPSA) is 68.3 Å². The van der Waals surface area contributed by atoms with Crippen molar-refractivity contribution in [3.8, 4) is 10.6 Å². The Hall–Kier alpha value is -2.73. The Kier molecular flexibility index (Phi) is 6.66. The maximum Gasteiger partial charge on any atom is 0.318 e. The highest BCUT2D eigenvalue weighted by atomic mass is 32.1. The molecule has 0 bridgehead atoms. The second-order valence-corrected chi connectivity index (χ2v) is 9.22. The minimum absolute atomic E-state index is 0.0540. The van der Waals surface area contributed by atoms with E-state index in [0.29, 0.717) is 5.69 Å². The van der Waals surface area contributed by atoms with Crippen LogP contribution in [0, 0.1) is 18.8 Å². The zero-order chi connectivity index (χ0) is 21.8. The maximum absolute atomic E-state index is 13.0. The predicted molar refractivity (Wildman–Crippen MR) is 125 cm³/mol. The standard InChI is InChI=1S/C25H28N2O3S/c1-3-30-25(29)22(17-7-5-4-6-8-17)23(28)26-19-12-10-18(11-13-19)24-27-20-14-9-16(2)15-21(20)31-24/h9-15,17,22H,3-8H2,1-2H3,(H,26,28). The third-order valence-corrected chi connectivity index (χ3v) is 6.95. The number of fused-ring (bicyclic) bond motifs is 1. The van der Waals surface area contributed by atoms with Gasteiger partial charge in [0.2, 0.25) is 5.91 Å². The molecule has 1 aromatic heterocycles. The molecule has 5 nitrogen and oxygen atoms in total. The SMILES string of the molecule is CCOC(=O)C(C(=O)Nc1ccc(-c2nc3ccc(C)cc3s2)cc1)C1CCCCC1. The predicted octanol–water partition coefficient (Wildman–Crippen LogP) is 5.97. The van der Waals surface area contributed by atoms with E-state index in [2.05, 4.69) is 24.4 Å². The third-order valence-electron chi connectivity index (χ3n) is 5.89. The van der Waals surface area contributed by atoms with Crippen LogP contribution in [0.25, 0.3) is 20.8 Å². The fourth-order valence-electron chi connectivity index (χ4n) is 4.28. The lowest BCUT2D eigenvalue weighted by Gasteiger charge is -2.27. The number of hydrogen-bond donors (Lipinski definition) is 1. The highest BCUT2D eigenvalue weighted by Gasteiger charge is 2.36. The average molecular weight is 437 g/mol. The molecule has 0 saturated heterocycles. The summed E-state index contributed by atoms with van der Waals surface area (Å²) in [5.41, 5.74) is 3.89. The van der Waals surface area contributed by atoms with Crippen molar-refractivity contribution in [2.45, 2.75) is 46.0 Å². The summed E-state index contributed by atoms with van der Waals surface area (Å²) < 4.78 is 6.39. The number of ether oxygens (including phenoxy) is 1. The van der Waals surface area contributed by atoms with E-state index in [0.717, 1.165) is 46.5 Å². The van der Waals surface area contributed by atoms with Crippen LogP contribution in [0.4, 0.5) is 5.69 Å². The van der Waals surface area contributed by atoms with E-state index in [1.54, 1.807) is 18.3 Å². The van der Waals surface area contributed by atoms with E-state index < -0.39 is 11.9 Å². The van der Waals surface area contributed by atoms with Crippen LogP contribution in [0.2, 0.25) is 0 Å². The van der Waals surface area contributed by atoms with Gasteiger partial charge in [0.15, 0.2) is 0 Å². The summed E-state index contributed by atoms with van der Waals surface area (Å²) in [5, 5.41) is 3.88. The van der Waals surface area contributed by atoms with E-state index in [1.807, 2.05) is 30.3 Å². The number of thiazole rings is 1. The van der Waals surface area contributed by atoms with Crippen LogP contribution in [0.3, 0.4) is 0 Å². The zero-order valence-electron chi connectivity index (χ0n) is 18.0. The van der Waals surface area contributed by atoms with Crippen molar-refractivity contribution in [2.24, 2.45) is 11.8 Å². The molecule has 162 valence electrons. The summed E-state index contributed by atoms with van der Waals surface area (Å²) in [6.07, 6.45) is 5.08. The van der Waals surface area contributed by atoms with Crippen LogP contribution in [0.1, 0.15) is 44.6 Å². The van der Waals surface area contributed by atoms with Crippen LogP contribution < -0.4 is 5.32 Å². The minimum atomic E-state index is -0.743. The number of carbonyl (C=O) groups is 2. The van der Waals surface area contributed by atoms with E-state index in [1.165, 1.54) is 12.0 Å². The largest absolute Gasteiger partial charge is 0.465 e. The Bertz CT molecular complexity index is 1070. The number of anilines is 1. The van der Waals surface area contributed by atoms with Gasteiger partial charge >= 0.3 is 5.97 Å². The minimum Gasteiger partial charge on any atom is -0.465 e. The number of esters is 1. The van der Waals surface area contributed by atoms with Gasteiger partial charge in [-0.15, -0.1) is 11.3 Å². The highest BCUT2D eigenvalue weighted by Crippen LogP contribution is 2.33. The molecule has 4 rings (SSSR count). The van der Waals surface area contributed by atoms with Crippen molar-refractivity contribution >= 4 is 39.1 Å². The van der Waals surface area contributed by atoms with Gasteiger partial charge in [-0.25, -0.2) is 4.98 Å². The average Bonchev–Trinajstić information content (AvgIpc) is 3.18. The highest BCUT2D eigenvalue weighted by molar-refractivity contribution is 7.21. The first kappa shape index (κ1) is 21.5. The fraction of sp³-hybridized carbons (Fsp3) is 0.400. The van der Waals surface area contributed by atoms with Gasteiger partial charge in [-0.3, -0.25) is 9.59 Å². The lowest BCUT2D eigenvalue weighted by atomic mass is 9.79. The van der Waals surface area contributed by atoms with Crippen LogP contribution in [0.15, 0.2) is 42.5 Å². The number of aryl methyl sites for hydroxylation is 1. The molecule has 0 radical (unpaired) electrons. The van der Waals surface area contributed by atoms with Crippen molar-refractivity contribution in [3.05, 3.63) is 48.0 Å². The molecule has 1 atom stereocenters. The van der Waals surface area contributed by atoms with Gasteiger partial charge in [-0.2, -0.15) is 0 Å². The Balaban J connectivity index is 1.49. The number of aromatic nitrogens is 1. The van der Waals surface area contributed by atoms with Crippen molar-refractivity contribution < 1.29 is 14.3 Å². The molecule has 1 N–H and O–H groups in total.